The summed E-state index contributed by atoms with van der Waals surface area (Å²) in [4.78, 5) is 16.9. The molecule has 4 heteroatoms. The lowest BCUT2D eigenvalue weighted by molar-refractivity contribution is 0.0651. The van der Waals surface area contributed by atoms with Crippen LogP contribution in [0.1, 0.15) is 30.1 Å². The second kappa shape index (κ2) is 8.44. The Kier molecular flexibility index (Phi) is 6.58. The summed E-state index contributed by atoms with van der Waals surface area (Å²) >= 11 is 2.00. The number of amides is 1. The predicted octanol–water partition coefficient (Wildman–Crippen LogP) is 2.98. The van der Waals surface area contributed by atoms with Gasteiger partial charge in [0.2, 0.25) is 0 Å². The maximum Gasteiger partial charge on any atom is 0.253 e. The molecule has 0 saturated carbocycles. The van der Waals surface area contributed by atoms with Crippen LogP contribution in [0.5, 0.6) is 0 Å². The summed E-state index contributed by atoms with van der Waals surface area (Å²) in [6.45, 7) is 5.11. The molecule has 0 radical (unpaired) electrons. The van der Waals surface area contributed by atoms with E-state index in [-0.39, 0.29) is 5.91 Å². The topological polar surface area (TPSA) is 23.6 Å². The fourth-order valence-electron chi connectivity index (χ4n) is 2.81. The van der Waals surface area contributed by atoms with Crippen molar-refractivity contribution in [3.8, 4) is 0 Å². The van der Waals surface area contributed by atoms with Gasteiger partial charge in [0.25, 0.3) is 5.91 Å². The van der Waals surface area contributed by atoms with Crippen molar-refractivity contribution in [1.82, 2.24) is 9.80 Å². The molecule has 21 heavy (non-hydrogen) atoms. The lowest BCUT2D eigenvalue weighted by Gasteiger charge is -2.36. The average molecular weight is 306 g/mol. The van der Waals surface area contributed by atoms with Gasteiger partial charge in [0, 0.05) is 37.0 Å². The number of piperidine rings is 1. The molecule has 0 spiro atoms. The molecule has 3 nitrogen and oxygen atoms in total. The van der Waals surface area contributed by atoms with Gasteiger partial charge in [-0.1, -0.05) is 25.1 Å². The molecule has 1 saturated heterocycles. The number of carbonyl (C=O) groups is 1. The van der Waals surface area contributed by atoms with Crippen molar-refractivity contribution < 1.29 is 4.79 Å². The molecule has 1 aromatic carbocycles. The van der Waals surface area contributed by atoms with E-state index in [2.05, 4.69) is 18.9 Å². The average Bonchev–Trinajstić information content (AvgIpc) is 2.55. The number of carbonyl (C=O) groups excluding carboxylic acids is 1. The van der Waals surface area contributed by atoms with Crippen LogP contribution in [0.4, 0.5) is 0 Å². The predicted molar refractivity (Wildman–Crippen MR) is 91.0 cm³/mol. The molecule has 0 unspecified atom stereocenters. The van der Waals surface area contributed by atoms with E-state index in [0.29, 0.717) is 6.04 Å². The summed E-state index contributed by atoms with van der Waals surface area (Å²) in [7, 11) is 2.22. The number of likely N-dealkylation sites (tertiary alicyclic amines) is 1. The zero-order chi connectivity index (χ0) is 15.1. The highest BCUT2D eigenvalue weighted by atomic mass is 32.2. The Labute approximate surface area is 132 Å². The molecule has 0 N–H and O–H groups in total. The number of rotatable bonds is 6. The van der Waals surface area contributed by atoms with Crippen molar-refractivity contribution in [2.75, 3.05) is 38.2 Å². The van der Waals surface area contributed by atoms with Crippen LogP contribution in [0.3, 0.4) is 0 Å². The molecule has 1 aliphatic heterocycles. The summed E-state index contributed by atoms with van der Waals surface area (Å²) in [5.41, 5.74) is 0.809. The van der Waals surface area contributed by atoms with Crippen LogP contribution in [0.2, 0.25) is 0 Å². The third kappa shape index (κ3) is 4.75. The number of nitrogens with zero attached hydrogens (tertiary/aromatic N) is 2. The smallest absolute Gasteiger partial charge is 0.253 e. The van der Waals surface area contributed by atoms with Crippen LogP contribution < -0.4 is 0 Å². The molecule has 0 bridgehead atoms. The second-order valence-electron chi connectivity index (χ2n) is 5.57. The van der Waals surface area contributed by atoms with Crippen molar-refractivity contribution >= 4 is 17.7 Å². The van der Waals surface area contributed by atoms with Gasteiger partial charge in [0.1, 0.15) is 0 Å². The Morgan fingerprint density at radius 1 is 1.29 bits per heavy atom. The van der Waals surface area contributed by atoms with Gasteiger partial charge in [0.15, 0.2) is 0 Å². The molecule has 0 atom stereocenters. The van der Waals surface area contributed by atoms with Crippen LogP contribution in [0.25, 0.3) is 0 Å². The molecule has 116 valence electrons. The van der Waals surface area contributed by atoms with E-state index in [1.807, 2.05) is 47.0 Å². The van der Waals surface area contributed by atoms with E-state index in [0.717, 1.165) is 38.0 Å². The first-order valence-corrected chi connectivity index (χ1v) is 9.00. The standard InChI is InChI=1S/C17H26N2OS/c1-3-21-14-13-18(2)16-9-11-19(12-10-16)17(20)15-7-5-4-6-8-15/h4-8,16H,3,9-14H2,1-2H3. The molecular formula is C17H26N2OS. The normalized spacial score (nSPS) is 16.4. The molecule has 0 aliphatic carbocycles. The minimum absolute atomic E-state index is 0.179. The van der Waals surface area contributed by atoms with Gasteiger partial charge in [-0.2, -0.15) is 11.8 Å². The number of hydrogen-bond acceptors (Lipinski definition) is 3. The Morgan fingerprint density at radius 2 is 1.95 bits per heavy atom. The fraction of sp³-hybridized carbons (Fsp3) is 0.588. The largest absolute Gasteiger partial charge is 0.339 e. The van der Waals surface area contributed by atoms with E-state index in [4.69, 9.17) is 0 Å². The van der Waals surface area contributed by atoms with Crippen molar-refractivity contribution in [3.63, 3.8) is 0 Å². The number of thioether (sulfide) groups is 1. The lowest BCUT2D eigenvalue weighted by atomic mass is 10.0. The molecule has 2 rings (SSSR count). The highest BCUT2D eigenvalue weighted by Gasteiger charge is 2.25. The van der Waals surface area contributed by atoms with E-state index in [1.54, 1.807) is 0 Å². The summed E-state index contributed by atoms with van der Waals surface area (Å²) in [6.07, 6.45) is 2.18. The SMILES string of the molecule is CCSCCN(C)C1CCN(C(=O)c2ccccc2)CC1. The highest BCUT2D eigenvalue weighted by molar-refractivity contribution is 7.99. The van der Waals surface area contributed by atoms with Crippen molar-refractivity contribution in [3.05, 3.63) is 35.9 Å². The van der Waals surface area contributed by atoms with Gasteiger partial charge in [-0.05, 0) is 37.8 Å². The van der Waals surface area contributed by atoms with Crippen LogP contribution in [-0.4, -0.2) is 59.9 Å². The van der Waals surface area contributed by atoms with Crippen LogP contribution in [0, 0.1) is 0 Å². The number of hydrogen-bond donors (Lipinski definition) is 0. The van der Waals surface area contributed by atoms with Crippen LogP contribution in [-0.2, 0) is 0 Å². The molecule has 1 fully saturated rings. The maximum atomic E-state index is 12.4. The zero-order valence-corrected chi connectivity index (χ0v) is 13.9. The molecule has 0 aromatic heterocycles. The lowest BCUT2D eigenvalue weighted by Crippen LogP contribution is -2.46. The Hall–Kier alpha value is -1.00. The third-order valence-corrected chi connectivity index (χ3v) is 5.07. The van der Waals surface area contributed by atoms with Gasteiger partial charge in [0.05, 0.1) is 0 Å². The first-order valence-electron chi connectivity index (χ1n) is 7.84. The monoisotopic (exact) mass is 306 g/mol. The minimum Gasteiger partial charge on any atom is -0.339 e. The summed E-state index contributed by atoms with van der Waals surface area (Å²) in [5.74, 6) is 2.58. The number of benzene rings is 1. The van der Waals surface area contributed by atoms with Crippen molar-refractivity contribution in [2.45, 2.75) is 25.8 Å². The van der Waals surface area contributed by atoms with Gasteiger partial charge in [-0.25, -0.2) is 0 Å². The third-order valence-electron chi connectivity index (χ3n) is 4.19. The van der Waals surface area contributed by atoms with Crippen LogP contribution in [0.15, 0.2) is 30.3 Å². The Balaban J connectivity index is 1.79. The van der Waals surface area contributed by atoms with Crippen LogP contribution >= 0.6 is 11.8 Å². The first kappa shape index (κ1) is 16.4. The minimum atomic E-state index is 0.179. The highest BCUT2D eigenvalue weighted by Crippen LogP contribution is 2.18. The molecule has 1 aliphatic rings. The zero-order valence-electron chi connectivity index (χ0n) is 13.1. The van der Waals surface area contributed by atoms with E-state index in [1.165, 1.54) is 11.5 Å². The molecule has 1 heterocycles. The Bertz CT molecular complexity index is 430. The van der Waals surface area contributed by atoms with E-state index >= 15 is 0 Å². The van der Waals surface area contributed by atoms with E-state index in [9.17, 15) is 4.79 Å². The summed E-state index contributed by atoms with van der Waals surface area (Å²) in [6, 6.07) is 10.2. The Morgan fingerprint density at radius 3 is 2.57 bits per heavy atom. The fourth-order valence-corrected chi connectivity index (χ4v) is 3.51. The van der Waals surface area contributed by atoms with Crippen molar-refractivity contribution in [1.29, 1.82) is 0 Å². The quantitative estimate of drug-likeness (QED) is 0.755. The molecule has 1 amide bonds. The molecule has 1 aromatic rings. The van der Waals surface area contributed by atoms with Gasteiger partial charge in [-0.3, -0.25) is 4.79 Å². The van der Waals surface area contributed by atoms with Gasteiger partial charge < -0.3 is 9.80 Å². The first-order chi connectivity index (χ1) is 10.2. The second-order valence-corrected chi connectivity index (χ2v) is 6.96. The van der Waals surface area contributed by atoms with Crippen molar-refractivity contribution in [2.24, 2.45) is 0 Å². The van der Waals surface area contributed by atoms with Gasteiger partial charge >= 0.3 is 0 Å². The molecular weight excluding hydrogens is 280 g/mol. The van der Waals surface area contributed by atoms with E-state index < -0.39 is 0 Å². The summed E-state index contributed by atoms with van der Waals surface area (Å²) < 4.78 is 0. The van der Waals surface area contributed by atoms with Gasteiger partial charge in [-0.15, -0.1) is 0 Å². The maximum absolute atomic E-state index is 12.4. The summed E-state index contributed by atoms with van der Waals surface area (Å²) in [5, 5.41) is 0.